The maximum atomic E-state index is 4.81. The van der Waals surface area contributed by atoms with Crippen molar-refractivity contribution >= 4 is 16.5 Å². The Kier molecular flexibility index (Phi) is 4.26. The molecule has 2 aliphatic rings. The fourth-order valence-electron chi connectivity index (χ4n) is 2.80. The highest BCUT2D eigenvalue weighted by atomic mass is 32.1. The van der Waals surface area contributed by atoms with E-state index in [1.54, 1.807) is 0 Å². The molecule has 5 heteroatoms. The molecule has 1 saturated heterocycles. The molecule has 1 saturated carbocycles. The van der Waals surface area contributed by atoms with Gasteiger partial charge in [0.15, 0.2) is 5.13 Å². The standard InChI is InChI=1S/C16H28N4S/c1-12-14(11-17-13-5-6-13)21-15(18-12)19-7-9-20(10-8-19)16(2,3)4/h13,17H,5-11H2,1-4H3. The summed E-state index contributed by atoms with van der Waals surface area (Å²) in [4.78, 5) is 11.2. The summed E-state index contributed by atoms with van der Waals surface area (Å²) in [6, 6.07) is 0.769. The van der Waals surface area contributed by atoms with Crippen molar-refractivity contribution in [2.24, 2.45) is 0 Å². The van der Waals surface area contributed by atoms with Gasteiger partial charge in [-0.3, -0.25) is 4.90 Å². The molecule has 2 heterocycles. The van der Waals surface area contributed by atoms with E-state index in [4.69, 9.17) is 4.98 Å². The topological polar surface area (TPSA) is 31.4 Å². The van der Waals surface area contributed by atoms with Gasteiger partial charge >= 0.3 is 0 Å². The van der Waals surface area contributed by atoms with Gasteiger partial charge in [0.1, 0.15) is 0 Å². The number of thiazole rings is 1. The van der Waals surface area contributed by atoms with E-state index in [1.165, 1.54) is 28.5 Å². The Morgan fingerprint density at radius 3 is 2.43 bits per heavy atom. The first kappa shape index (κ1) is 15.3. The van der Waals surface area contributed by atoms with Crippen LogP contribution in [0.5, 0.6) is 0 Å². The lowest BCUT2D eigenvalue weighted by molar-refractivity contribution is 0.128. The number of hydrogen-bond donors (Lipinski definition) is 1. The molecule has 1 aromatic heterocycles. The molecule has 0 radical (unpaired) electrons. The second kappa shape index (κ2) is 5.86. The second-order valence-electron chi connectivity index (χ2n) is 7.31. The minimum absolute atomic E-state index is 0.282. The third-order valence-electron chi connectivity index (χ3n) is 4.51. The van der Waals surface area contributed by atoms with Crippen LogP contribution >= 0.6 is 11.3 Å². The molecule has 0 unspecified atom stereocenters. The van der Waals surface area contributed by atoms with E-state index in [2.05, 4.69) is 42.8 Å². The fraction of sp³-hybridized carbons (Fsp3) is 0.812. The first-order valence-corrected chi connectivity index (χ1v) is 8.95. The molecule has 0 atom stereocenters. The molecular weight excluding hydrogens is 280 g/mol. The van der Waals surface area contributed by atoms with Gasteiger partial charge in [0.25, 0.3) is 0 Å². The average molecular weight is 308 g/mol. The van der Waals surface area contributed by atoms with Crippen LogP contribution in [0.15, 0.2) is 0 Å². The van der Waals surface area contributed by atoms with Crippen LogP contribution in [-0.2, 0) is 6.54 Å². The van der Waals surface area contributed by atoms with Crippen molar-refractivity contribution in [3.8, 4) is 0 Å². The molecule has 2 fully saturated rings. The summed E-state index contributed by atoms with van der Waals surface area (Å²) < 4.78 is 0. The minimum Gasteiger partial charge on any atom is -0.346 e. The average Bonchev–Trinajstić information content (AvgIpc) is 3.19. The van der Waals surface area contributed by atoms with Crippen LogP contribution in [0.2, 0.25) is 0 Å². The van der Waals surface area contributed by atoms with Crippen LogP contribution in [0.25, 0.3) is 0 Å². The van der Waals surface area contributed by atoms with E-state index in [0.29, 0.717) is 0 Å². The van der Waals surface area contributed by atoms with Crippen molar-refractivity contribution in [3.63, 3.8) is 0 Å². The third-order valence-corrected chi connectivity index (χ3v) is 5.73. The zero-order valence-corrected chi connectivity index (χ0v) is 14.6. The van der Waals surface area contributed by atoms with E-state index in [9.17, 15) is 0 Å². The van der Waals surface area contributed by atoms with Crippen LogP contribution < -0.4 is 10.2 Å². The number of anilines is 1. The first-order chi connectivity index (χ1) is 9.93. The second-order valence-corrected chi connectivity index (χ2v) is 8.37. The van der Waals surface area contributed by atoms with Gasteiger partial charge < -0.3 is 10.2 Å². The lowest BCUT2D eigenvalue weighted by atomic mass is 10.1. The van der Waals surface area contributed by atoms with Gasteiger partial charge in [0.2, 0.25) is 0 Å². The van der Waals surface area contributed by atoms with Gasteiger partial charge in [-0.25, -0.2) is 4.98 Å². The highest BCUT2D eigenvalue weighted by Gasteiger charge is 2.27. The van der Waals surface area contributed by atoms with Gasteiger partial charge in [-0.1, -0.05) is 0 Å². The smallest absolute Gasteiger partial charge is 0.185 e. The zero-order valence-electron chi connectivity index (χ0n) is 13.8. The van der Waals surface area contributed by atoms with Crippen LogP contribution in [0.1, 0.15) is 44.2 Å². The molecule has 1 aromatic rings. The summed E-state index contributed by atoms with van der Waals surface area (Å²) in [5, 5.41) is 4.82. The molecular formula is C16H28N4S. The number of rotatable bonds is 4. The van der Waals surface area contributed by atoms with E-state index in [0.717, 1.165) is 38.8 Å². The SMILES string of the molecule is Cc1nc(N2CCN(C(C)(C)C)CC2)sc1CNC1CC1. The Labute approximate surface area is 132 Å². The predicted octanol–water partition coefficient (Wildman–Crippen LogP) is 2.62. The number of nitrogens with one attached hydrogen (secondary N) is 1. The summed E-state index contributed by atoms with van der Waals surface area (Å²) in [5.74, 6) is 0. The van der Waals surface area contributed by atoms with Crippen LogP contribution in [-0.4, -0.2) is 47.6 Å². The maximum Gasteiger partial charge on any atom is 0.185 e. The normalized spacial score (nSPS) is 21.0. The van der Waals surface area contributed by atoms with Gasteiger partial charge in [-0.15, -0.1) is 11.3 Å². The summed E-state index contributed by atoms with van der Waals surface area (Å²) in [5.41, 5.74) is 1.49. The molecule has 1 N–H and O–H groups in total. The third kappa shape index (κ3) is 3.76. The molecule has 0 amide bonds. The van der Waals surface area contributed by atoms with Crippen LogP contribution in [0.3, 0.4) is 0 Å². The number of nitrogens with zero attached hydrogens (tertiary/aromatic N) is 3. The van der Waals surface area contributed by atoms with E-state index in [-0.39, 0.29) is 5.54 Å². The van der Waals surface area contributed by atoms with Gasteiger partial charge in [0.05, 0.1) is 5.69 Å². The monoisotopic (exact) mass is 308 g/mol. The van der Waals surface area contributed by atoms with Gasteiger partial charge in [-0.2, -0.15) is 0 Å². The molecule has 0 aromatic carbocycles. The van der Waals surface area contributed by atoms with Crippen molar-refractivity contribution in [3.05, 3.63) is 10.6 Å². The molecule has 118 valence electrons. The van der Waals surface area contributed by atoms with Crippen LogP contribution in [0, 0.1) is 6.92 Å². The van der Waals surface area contributed by atoms with Crippen molar-refractivity contribution in [2.45, 2.75) is 58.7 Å². The quantitative estimate of drug-likeness (QED) is 0.926. The number of piperazine rings is 1. The number of hydrogen-bond acceptors (Lipinski definition) is 5. The Hall–Kier alpha value is -0.650. The Morgan fingerprint density at radius 2 is 1.86 bits per heavy atom. The molecule has 0 spiro atoms. The highest BCUT2D eigenvalue weighted by Crippen LogP contribution is 2.29. The lowest BCUT2D eigenvalue weighted by Crippen LogP contribution is -2.53. The largest absolute Gasteiger partial charge is 0.346 e. The number of aromatic nitrogens is 1. The Bertz CT molecular complexity index is 479. The summed E-state index contributed by atoms with van der Waals surface area (Å²) in [7, 11) is 0. The number of aryl methyl sites for hydroxylation is 1. The minimum atomic E-state index is 0.282. The molecule has 4 nitrogen and oxygen atoms in total. The Morgan fingerprint density at radius 1 is 1.19 bits per heavy atom. The van der Waals surface area contributed by atoms with Crippen molar-refractivity contribution in [1.29, 1.82) is 0 Å². The molecule has 0 bridgehead atoms. The van der Waals surface area contributed by atoms with Crippen LogP contribution in [0.4, 0.5) is 5.13 Å². The van der Waals surface area contributed by atoms with E-state index in [1.807, 2.05) is 11.3 Å². The Balaban J connectivity index is 1.58. The van der Waals surface area contributed by atoms with Crippen molar-refractivity contribution in [2.75, 3.05) is 31.1 Å². The fourth-order valence-corrected chi connectivity index (χ4v) is 3.87. The molecule has 1 aliphatic carbocycles. The summed E-state index contributed by atoms with van der Waals surface area (Å²) >= 11 is 1.88. The highest BCUT2D eigenvalue weighted by molar-refractivity contribution is 7.15. The van der Waals surface area contributed by atoms with Gasteiger partial charge in [0, 0.05) is 49.2 Å². The first-order valence-electron chi connectivity index (χ1n) is 8.13. The summed E-state index contributed by atoms with van der Waals surface area (Å²) in [6.45, 7) is 14.5. The van der Waals surface area contributed by atoms with Gasteiger partial charge in [-0.05, 0) is 40.5 Å². The molecule has 1 aliphatic heterocycles. The maximum absolute atomic E-state index is 4.81. The van der Waals surface area contributed by atoms with E-state index < -0.39 is 0 Å². The van der Waals surface area contributed by atoms with Crippen molar-refractivity contribution in [1.82, 2.24) is 15.2 Å². The molecule has 3 rings (SSSR count). The zero-order chi connectivity index (χ0) is 15.0. The summed E-state index contributed by atoms with van der Waals surface area (Å²) in [6.07, 6.45) is 2.69. The van der Waals surface area contributed by atoms with E-state index >= 15 is 0 Å². The molecule has 21 heavy (non-hydrogen) atoms. The lowest BCUT2D eigenvalue weighted by Gasteiger charge is -2.42. The van der Waals surface area contributed by atoms with Crippen molar-refractivity contribution < 1.29 is 0 Å². The predicted molar refractivity (Wildman–Crippen MR) is 90.3 cm³/mol.